The molecule has 1 saturated heterocycles. The van der Waals surface area contributed by atoms with Crippen LogP contribution in [-0.4, -0.2) is 30.3 Å². The lowest BCUT2D eigenvalue weighted by atomic mass is 10.3. The maximum absolute atomic E-state index is 12.3. The number of pyridine rings is 1. The second-order valence-corrected chi connectivity index (χ2v) is 6.35. The van der Waals surface area contributed by atoms with E-state index < -0.39 is 10.0 Å². The standard InChI is InChI=1S/C11H15ClN2O2S/c1-9-3-2-6-14(9)17(15,16)11-5-4-10(7-12)8-13-11/h4-5,8-9H,2-3,6-7H2,1H3. The van der Waals surface area contributed by atoms with Crippen LogP contribution in [0.5, 0.6) is 0 Å². The molecule has 0 radical (unpaired) electrons. The molecule has 0 spiro atoms. The number of halogens is 1. The van der Waals surface area contributed by atoms with Gasteiger partial charge < -0.3 is 0 Å². The second-order valence-electron chi connectivity index (χ2n) is 4.25. The SMILES string of the molecule is CC1CCCN1S(=O)(=O)c1ccc(CCl)cn1. The van der Waals surface area contributed by atoms with Crippen molar-refractivity contribution in [3.63, 3.8) is 0 Å². The number of sulfonamides is 1. The molecule has 0 bridgehead atoms. The zero-order valence-corrected chi connectivity index (χ0v) is 11.2. The van der Waals surface area contributed by atoms with Crippen molar-refractivity contribution >= 4 is 21.6 Å². The van der Waals surface area contributed by atoms with E-state index in [2.05, 4.69) is 4.98 Å². The van der Waals surface area contributed by atoms with E-state index in [1.807, 2.05) is 6.92 Å². The van der Waals surface area contributed by atoms with Gasteiger partial charge in [-0.05, 0) is 31.4 Å². The molecule has 0 amide bonds. The van der Waals surface area contributed by atoms with Crippen LogP contribution in [0.15, 0.2) is 23.4 Å². The van der Waals surface area contributed by atoms with Crippen molar-refractivity contribution < 1.29 is 8.42 Å². The topological polar surface area (TPSA) is 50.3 Å². The summed E-state index contributed by atoms with van der Waals surface area (Å²) >= 11 is 5.64. The molecule has 1 fully saturated rings. The summed E-state index contributed by atoms with van der Waals surface area (Å²) in [5, 5.41) is 0.111. The van der Waals surface area contributed by atoms with Crippen LogP contribution in [0.4, 0.5) is 0 Å². The van der Waals surface area contributed by atoms with Gasteiger partial charge in [0.1, 0.15) is 0 Å². The molecule has 4 nitrogen and oxygen atoms in total. The molecule has 0 aliphatic carbocycles. The van der Waals surface area contributed by atoms with Crippen molar-refractivity contribution in [2.24, 2.45) is 0 Å². The minimum atomic E-state index is -3.43. The Kier molecular flexibility index (Phi) is 3.70. The van der Waals surface area contributed by atoms with Crippen molar-refractivity contribution in [3.05, 3.63) is 23.9 Å². The van der Waals surface area contributed by atoms with Gasteiger partial charge in [0.25, 0.3) is 10.0 Å². The highest BCUT2D eigenvalue weighted by Gasteiger charge is 2.33. The number of hydrogen-bond donors (Lipinski definition) is 0. The number of nitrogens with zero attached hydrogens (tertiary/aromatic N) is 2. The van der Waals surface area contributed by atoms with Gasteiger partial charge >= 0.3 is 0 Å². The van der Waals surface area contributed by atoms with Gasteiger partial charge in [-0.1, -0.05) is 6.07 Å². The Morgan fingerprint density at radius 3 is 2.76 bits per heavy atom. The molecule has 1 aromatic heterocycles. The number of aromatic nitrogens is 1. The first kappa shape index (κ1) is 12.8. The summed E-state index contributed by atoms with van der Waals surface area (Å²) in [5.41, 5.74) is 0.820. The number of hydrogen-bond acceptors (Lipinski definition) is 3. The molecule has 94 valence electrons. The number of alkyl halides is 1. The molecule has 0 saturated carbocycles. The van der Waals surface area contributed by atoms with Crippen molar-refractivity contribution in [1.29, 1.82) is 0 Å². The molecule has 1 aliphatic heterocycles. The van der Waals surface area contributed by atoms with Gasteiger partial charge in [0.05, 0.1) is 0 Å². The van der Waals surface area contributed by atoms with E-state index in [0.29, 0.717) is 12.4 Å². The van der Waals surface area contributed by atoms with Gasteiger partial charge in [-0.25, -0.2) is 13.4 Å². The smallest absolute Gasteiger partial charge is 0.243 e. The Morgan fingerprint density at radius 2 is 2.29 bits per heavy atom. The van der Waals surface area contributed by atoms with Gasteiger partial charge in [-0.3, -0.25) is 0 Å². The van der Waals surface area contributed by atoms with E-state index in [9.17, 15) is 8.42 Å². The van der Waals surface area contributed by atoms with Crippen LogP contribution < -0.4 is 0 Å². The fourth-order valence-corrected chi connectivity index (χ4v) is 3.80. The molecule has 1 atom stereocenters. The maximum Gasteiger partial charge on any atom is 0.260 e. The van der Waals surface area contributed by atoms with Crippen LogP contribution in [-0.2, 0) is 15.9 Å². The third-order valence-corrected chi connectivity index (χ3v) is 5.26. The van der Waals surface area contributed by atoms with Gasteiger partial charge in [0.2, 0.25) is 0 Å². The third kappa shape index (κ3) is 2.46. The highest BCUT2D eigenvalue weighted by Crippen LogP contribution is 2.24. The van der Waals surface area contributed by atoms with Crippen LogP contribution in [0.1, 0.15) is 25.3 Å². The third-order valence-electron chi connectivity index (χ3n) is 3.02. The van der Waals surface area contributed by atoms with Crippen LogP contribution in [0.2, 0.25) is 0 Å². The van der Waals surface area contributed by atoms with Gasteiger partial charge in [-0.2, -0.15) is 4.31 Å². The summed E-state index contributed by atoms with van der Waals surface area (Å²) < 4.78 is 26.1. The van der Waals surface area contributed by atoms with E-state index in [-0.39, 0.29) is 11.1 Å². The first-order valence-corrected chi connectivity index (χ1v) is 7.56. The monoisotopic (exact) mass is 274 g/mol. The fourth-order valence-electron chi connectivity index (χ4n) is 2.03. The van der Waals surface area contributed by atoms with E-state index in [1.54, 1.807) is 6.07 Å². The molecular formula is C11H15ClN2O2S. The van der Waals surface area contributed by atoms with Crippen LogP contribution in [0.25, 0.3) is 0 Å². The summed E-state index contributed by atoms with van der Waals surface area (Å²) in [4.78, 5) is 3.99. The Balaban J connectivity index is 2.31. The molecule has 2 rings (SSSR count). The van der Waals surface area contributed by atoms with Crippen LogP contribution in [0, 0.1) is 0 Å². The Hall–Kier alpha value is -0.650. The summed E-state index contributed by atoms with van der Waals surface area (Å²) in [6, 6.07) is 3.29. The number of rotatable bonds is 3. The van der Waals surface area contributed by atoms with Crippen molar-refractivity contribution in [1.82, 2.24) is 9.29 Å². The van der Waals surface area contributed by atoms with Crippen LogP contribution >= 0.6 is 11.6 Å². The molecular weight excluding hydrogens is 260 g/mol. The molecule has 17 heavy (non-hydrogen) atoms. The highest BCUT2D eigenvalue weighted by molar-refractivity contribution is 7.89. The molecule has 1 aliphatic rings. The predicted octanol–water partition coefficient (Wildman–Crippen LogP) is 1.99. The normalized spacial score (nSPS) is 21.9. The lowest BCUT2D eigenvalue weighted by molar-refractivity contribution is 0.406. The second kappa shape index (κ2) is 4.92. The summed E-state index contributed by atoms with van der Waals surface area (Å²) in [7, 11) is -3.43. The first-order valence-electron chi connectivity index (χ1n) is 5.58. The summed E-state index contributed by atoms with van der Waals surface area (Å²) in [6.45, 7) is 2.51. The maximum atomic E-state index is 12.3. The minimum Gasteiger partial charge on any atom is -0.243 e. The Labute approximate surface area is 107 Å². The van der Waals surface area contributed by atoms with Crippen molar-refractivity contribution in [3.8, 4) is 0 Å². The lowest BCUT2D eigenvalue weighted by Crippen LogP contribution is -2.34. The van der Waals surface area contributed by atoms with E-state index in [1.165, 1.54) is 16.6 Å². The molecule has 2 heterocycles. The molecule has 0 N–H and O–H groups in total. The average Bonchev–Trinajstić information content (AvgIpc) is 2.76. The molecule has 1 aromatic rings. The lowest BCUT2D eigenvalue weighted by Gasteiger charge is -2.20. The zero-order chi connectivity index (χ0) is 12.5. The van der Waals surface area contributed by atoms with Crippen LogP contribution in [0.3, 0.4) is 0 Å². The Bertz CT molecular complexity index is 487. The molecule has 1 unspecified atom stereocenters. The Morgan fingerprint density at radius 1 is 1.53 bits per heavy atom. The van der Waals surface area contributed by atoms with Crippen molar-refractivity contribution in [2.45, 2.75) is 36.7 Å². The van der Waals surface area contributed by atoms with E-state index in [4.69, 9.17) is 11.6 Å². The minimum absolute atomic E-state index is 0.0644. The van der Waals surface area contributed by atoms with E-state index in [0.717, 1.165) is 18.4 Å². The summed E-state index contributed by atoms with van der Waals surface area (Å²) in [6.07, 6.45) is 3.35. The zero-order valence-electron chi connectivity index (χ0n) is 9.63. The predicted molar refractivity (Wildman–Crippen MR) is 66.4 cm³/mol. The average molecular weight is 275 g/mol. The highest BCUT2D eigenvalue weighted by atomic mass is 35.5. The molecule has 0 aromatic carbocycles. The first-order chi connectivity index (χ1) is 8.05. The van der Waals surface area contributed by atoms with Gasteiger partial charge in [0, 0.05) is 24.7 Å². The molecule has 6 heteroatoms. The quantitative estimate of drug-likeness (QED) is 0.792. The van der Waals surface area contributed by atoms with E-state index >= 15 is 0 Å². The summed E-state index contributed by atoms with van der Waals surface area (Å²) in [5.74, 6) is 0.341. The largest absolute Gasteiger partial charge is 0.260 e. The van der Waals surface area contributed by atoms with Crippen molar-refractivity contribution in [2.75, 3.05) is 6.54 Å². The van der Waals surface area contributed by atoms with Gasteiger partial charge in [-0.15, -0.1) is 11.6 Å². The van der Waals surface area contributed by atoms with Gasteiger partial charge in [0.15, 0.2) is 5.03 Å². The fraction of sp³-hybridized carbons (Fsp3) is 0.545.